The number of carboxylic acids is 1. The third-order valence-electron chi connectivity index (χ3n) is 2.62. The summed E-state index contributed by atoms with van der Waals surface area (Å²) in [7, 11) is 0. The number of hydrogen-bond acceptors (Lipinski definition) is 2. The molecule has 0 saturated carbocycles. The molecule has 19 heavy (non-hydrogen) atoms. The van der Waals surface area contributed by atoms with Gasteiger partial charge in [0.05, 0.1) is 6.42 Å². The predicted octanol–water partition coefficient (Wildman–Crippen LogP) is 2.45. The van der Waals surface area contributed by atoms with Crippen LogP contribution in [0.4, 0.5) is 14.9 Å². The second kappa shape index (κ2) is 6.72. The smallest absolute Gasteiger partial charge is 0.319 e. The average Bonchev–Trinajstić information content (AvgIpc) is 2.30. The summed E-state index contributed by atoms with van der Waals surface area (Å²) in [5.41, 5.74) is 0.441. The second-order valence-electron chi connectivity index (χ2n) is 4.55. The molecule has 0 aliphatic carbocycles. The van der Waals surface area contributed by atoms with Crippen molar-refractivity contribution in [2.45, 2.75) is 26.3 Å². The molecule has 0 bridgehead atoms. The van der Waals surface area contributed by atoms with Crippen LogP contribution in [0.3, 0.4) is 0 Å². The van der Waals surface area contributed by atoms with E-state index in [0.29, 0.717) is 5.69 Å². The summed E-state index contributed by atoms with van der Waals surface area (Å²) in [6, 6.07) is 4.34. The first kappa shape index (κ1) is 14.9. The third kappa shape index (κ3) is 5.37. The summed E-state index contributed by atoms with van der Waals surface area (Å²) in [6.07, 6.45) is -0.144. The molecule has 1 aromatic carbocycles. The average molecular weight is 268 g/mol. The van der Waals surface area contributed by atoms with Gasteiger partial charge in [0.15, 0.2) is 0 Å². The van der Waals surface area contributed by atoms with Crippen LogP contribution in [-0.4, -0.2) is 23.1 Å². The lowest BCUT2D eigenvalue weighted by Gasteiger charge is -2.20. The first-order chi connectivity index (χ1) is 8.88. The van der Waals surface area contributed by atoms with E-state index < -0.39 is 23.9 Å². The van der Waals surface area contributed by atoms with Crippen molar-refractivity contribution in [1.29, 1.82) is 0 Å². The molecule has 6 heteroatoms. The maximum absolute atomic E-state index is 12.7. The van der Waals surface area contributed by atoms with Gasteiger partial charge in [-0.25, -0.2) is 9.18 Å². The number of benzene rings is 1. The lowest BCUT2D eigenvalue weighted by Crippen LogP contribution is -2.42. The number of aliphatic carboxylic acids is 1. The highest BCUT2D eigenvalue weighted by molar-refractivity contribution is 5.89. The Kier molecular flexibility index (Phi) is 5.29. The molecule has 0 fully saturated rings. The number of amides is 2. The van der Waals surface area contributed by atoms with Crippen molar-refractivity contribution in [3.63, 3.8) is 0 Å². The molecule has 0 saturated heterocycles. The van der Waals surface area contributed by atoms with E-state index in [0.717, 1.165) is 0 Å². The van der Waals surface area contributed by atoms with Crippen LogP contribution in [0.1, 0.15) is 20.3 Å². The highest BCUT2D eigenvalue weighted by atomic mass is 19.1. The minimum absolute atomic E-state index is 0.00457. The van der Waals surface area contributed by atoms with Crippen molar-refractivity contribution >= 4 is 17.7 Å². The first-order valence-electron chi connectivity index (χ1n) is 5.93. The zero-order valence-corrected chi connectivity index (χ0v) is 10.8. The van der Waals surface area contributed by atoms with Crippen LogP contribution in [0.5, 0.6) is 0 Å². The first-order valence-corrected chi connectivity index (χ1v) is 5.93. The molecule has 1 atom stereocenters. The minimum atomic E-state index is -0.971. The fourth-order valence-corrected chi connectivity index (χ4v) is 1.51. The maximum Gasteiger partial charge on any atom is 0.319 e. The topological polar surface area (TPSA) is 78.4 Å². The Labute approximate surface area is 110 Å². The van der Waals surface area contributed by atoms with Gasteiger partial charge in [0.2, 0.25) is 0 Å². The molecule has 0 heterocycles. The monoisotopic (exact) mass is 268 g/mol. The van der Waals surface area contributed by atoms with Crippen LogP contribution in [0.25, 0.3) is 0 Å². The number of rotatable bonds is 5. The van der Waals surface area contributed by atoms with E-state index in [-0.39, 0.29) is 12.3 Å². The van der Waals surface area contributed by atoms with Crippen molar-refractivity contribution < 1.29 is 19.1 Å². The van der Waals surface area contributed by atoms with Crippen LogP contribution >= 0.6 is 0 Å². The van der Waals surface area contributed by atoms with Crippen LogP contribution in [0.15, 0.2) is 24.3 Å². The number of halogens is 1. The number of hydrogen-bond donors (Lipinski definition) is 3. The zero-order chi connectivity index (χ0) is 14.4. The summed E-state index contributed by atoms with van der Waals surface area (Å²) in [4.78, 5) is 22.4. The van der Waals surface area contributed by atoms with Crippen molar-refractivity contribution in [3.8, 4) is 0 Å². The van der Waals surface area contributed by atoms with Gasteiger partial charge in [0.25, 0.3) is 0 Å². The van der Waals surface area contributed by atoms with Gasteiger partial charge < -0.3 is 15.7 Å². The lowest BCUT2D eigenvalue weighted by molar-refractivity contribution is -0.137. The molecule has 0 aromatic heterocycles. The number of anilines is 1. The van der Waals surface area contributed by atoms with Crippen LogP contribution in [0, 0.1) is 11.7 Å². The molecule has 1 unspecified atom stereocenters. The molecular formula is C13H17FN2O3. The summed E-state index contributed by atoms with van der Waals surface area (Å²) in [6.45, 7) is 3.65. The van der Waals surface area contributed by atoms with E-state index in [9.17, 15) is 14.0 Å². The van der Waals surface area contributed by atoms with Crippen molar-refractivity contribution in [2.24, 2.45) is 5.92 Å². The van der Waals surface area contributed by atoms with Crippen molar-refractivity contribution in [1.82, 2.24) is 5.32 Å². The summed E-state index contributed by atoms with van der Waals surface area (Å²) in [5, 5.41) is 13.9. The van der Waals surface area contributed by atoms with Gasteiger partial charge in [-0.15, -0.1) is 0 Å². The Morgan fingerprint density at radius 1 is 1.26 bits per heavy atom. The molecule has 104 valence electrons. The molecule has 1 aromatic rings. The van der Waals surface area contributed by atoms with Crippen LogP contribution in [0.2, 0.25) is 0 Å². The fraction of sp³-hybridized carbons (Fsp3) is 0.385. The van der Waals surface area contributed by atoms with E-state index in [1.807, 2.05) is 13.8 Å². The van der Waals surface area contributed by atoms with Gasteiger partial charge in [-0.2, -0.15) is 0 Å². The molecule has 0 spiro atoms. The quantitative estimate of drug-likeness (QED) is 0.767. The second-order valence-corrected chi connectivity index (χ2v) is 4.55. The van der Waals surface area contributed by atoms with E-state index >= 15 is 0 Å². The summed E-state index contributed by atoms with van der Waals surface area (Å²) in [5.74, 6) is -1.37. The van der Waals surface area contributed by atoms with E-state index in [1.165, 1.54) is 24.3 Å². The number of carboxylic acid groups (broad SMARTS) is 1. The van der Waals surface area contributed by atoms with E-state index in [1.54, 1.807) is 0 Å². The number of urea groups is 1. The van der Waals surface area contributed by atoms with Gasteiger partial charge in [-0.05, 0) is 30.2 Å². The van der Waals surface area contributed by atoms with Crippen LogP contribution in [-0.2, 0) is 4.79 Å². The molecule has 1 rings (SSSR count). The lowest BCUT2D eigenvalue weighted by atomic mass is 10.0. The van der Waals surface area contributed by atoms with Gasteiger partial charge in [-0.3, -0.25) is 4.79 Å². The zero-order valence-electron chi connectivity index (χ0n) is 10.8. The van der Waals surface area contributed by atoms with Crippen molar-refractivity contribution in [2.75, 3.05) is 5.32 Å². The molecule has 2 amide bonds. The third-order valence-corrected chi connectivity index (χ3v) is 2.62. The molecule has 0 aliphatic rings. The number of carbonyl (C=O) groups excluding carboxylic acids is 1. The number of carbonyl (C=O) groups is 2. The molecule has 5 nitrogen and oxygen atoms in total. The molecule has 0 aliphatic heterocycles. The Morgan fingerprint density at radius 2 is 1.84 bits per heavy atom. The highest BCUT2D eigenvalue weighted by Crippen LogP contribution is 2.10. The minimum Gasteiger partial charge on any atom is -0.481 e. The summed E-state index contributed by atoms with van der Waals surface area (Å²) < 4.78 is 12.7. The molecular weight excluding hydrogens is 251 g/mol. The van der Waals surface area contributed by atoms with Gasteiger partial charge in [-0.1, -0.05) is 13.8 Å². The highest BCUT2D eigenvalue weighted by Gasteiger charge is 2.19. The van der Waals surface area contributed by atoms with Gasteiger partial charge in [0, 0.05) is 11.7 Å². The maximum atomic E-state index is 12.7. The van der Waals surface area contributed by atoms with Gasteiger partial charge >= 0.3 is 12.0 Å². The van der Waals surface area contributed by atoms with E-state index in [2.05, 4.69) is 10.6 Å². The Balaban J connectivity index is 2.57. The van der Waals surface area contributed by atoms with Gasteiger partial charge in [0.1, 0.15) is 5.82 Å². The van der Waals surface area contributed by atoms with Crippen LogP contribution < -0.4 is 10.6 Å². The number of nitrogens with one attached hydrogen (secondary N) is 2. The predicted molar refractivity (Wildman–Crippen MR) is 69.4 cm³/mol. The molecule has 3 N–H and O–H groups in total. The SMILES string of the molecule is CC(C)C(CC(=O)O)NC(=O)Nc1ccc(F)cc1. The van der Waals surface area contributed by atoms with E-state index in [4.69, 9.17) is 5.11 Å². The van der Waals surface area contributed by atoms with Crippen molar-refractivity contribution in [3.05, 3.63) is 30.1 Å². The molecule has 0 radical (unpaired) electrons. The Bertz CT molecular complexity index is 446. The fourth-order valence-electron chi connectivity index (χ4n) is 1.51. The standard InChI is InChI=1S/C13H17FN2O3/c1-8(2)11(7-12(17)18)16-13(19)15-10-5-3-9(14)4-6-10/h3-6,8,11H,7H2,1-2H3,(H,17,18)(H2,15,16,19). The Morgan fingerprint density at radius 3 is 2.32 bits per heavy atom. The normalized spacial score (nSPS) is 12.0. The Hall–Kier alpha value is -2.11. The summed E-state index contributed by atoms with van der Waals surface area (Å²) >= 11 is 0. The largest absolute Gasteiger partial charge is 0.481 e.